The van der Waals surface area contributed by atoms with Crippen LogP contribution in [0, 0.1) is 0 Å². The molecule has 0 aliphatic carbocycles. The Morgan fingerprint density at radius 2 is 1.65 bits per heavy atom. The number of nitrogens with zero attached hydrogens (tertiary/aromatic N) is 2. The minimum absolute atomic E-state index is 0.0366. The molecule has 2 aliphatic heterocycles. The van der Waals surface area contributed by atoms with Gasteiger partial charge in [-0.2, -0.15) is 4.31 Å². The van der Waals surface area contributed by atoms with Gasteiger partial charge in [0.1, 0.15) is 0 Å². The number of ether oxygens (including phenoxy) is 1. The molecule has 0 saturated carbocycles. The molecule has 31 heavy (non-hydrogen) atoms. The molecule has 2 fully saturated rings. The largest absolute Gasteiger partial charge is 0.379 e. The number of sulfonamides is 1. The second-order valence-corrected chi connectivity index (χ2v) is 9.62. The van der Waals surface area contributed by atoms with Gasteiger partial charge >= 0.3 is 0 Å². The number of amides is 1. The van der Waals surface area contributed by atoms with E-state index in [1.807, 2.05) is 24.3 Å². The molecule has 0 radical (unpaired) electrons. The van der Waals surface area contributed by atoms with E-state index in [0.29, 0.717) is 32.0 Å². The zero-order valence-corrected chi connectivity index (χ0v) is 18.2. The van der Waals surface area contributed by atoms with Gasteiger partial charge in [0, 0.05) is 43.2 Å². The Morgan fingerprint density at radius 1 is 0.935 bits per heavy atom. The van der Waals surface area contributed by atoms with Crippen molar-refractivity contribution in [2.45, 2.75) is 17.7 Å². The van der Waals surface area contributed by atoms with E-state index in [-0.39, 0.29) is 17.3 Å². The number of carbonyl (C=O) groups excluding carboxylic acids is 1. The standard InChI is InChI=1S/C22H28N4O4S/c27-22(24-18-6-8-20(9-7-18)25-10-1-2-11-25)17-23-19-4-3-5-21(16-19)31(28,29)26-12-14-30-15-13-26/h3-9,16,23H,1-2,10-15,17H2,(H,24,27). The molecule has 0 aromatic heterocycles. The monoisotopic (exact) mass is 444 g/mol. The number of carbonyl (C=O) groups is 1. The van der Waals surface area contributed by atoms with E-state index in [9.17, 15) is 13.2 Å². The summed E-state index contributed by atoms with van der Waals surface area (Å²) in [6.07, 6.45) is 2.44. The third-order valence-electron chi connectivity index (χ3n) is 5.52. The number of hydrogen-bond donors (Lipinski definition) is 2. The SMILES string of the molecule is O=C(CNc1cccc(S(=O)(=O)N2CCOCC2)c1)Nc1ccc(N2CCCC2)cc1. The molecule has 2 heterocycles. The topological polar surface area (TPSA) is 91.0 Å². The summed E-state index contributed by atoms with van der Waals surface area (Å²) in [7, 11) is -3.57. The van der Waals surface area contributed by atoms with Crippen LogP contribution in [0.4, 0.5) is 17.1 Å². The van der Waals surface area contributed by atoms with Crippen LogP contribution in [0.15, 0.2) is 53.4 Å². The molecule has 0 unspecified atom stereocenters. The van der Waals surface area contributed by atoms with Crippen molar-refractivity contribution >= 4 is 33.0 Å². The number of anilines is 3. The van der Waals surface area contributed by atoms with E-state index in [2.05, 4.69) is 15.5 Å². The van der Waals surface area contributed by atoms with E-state index in [0.717, 1.165) is 18.8 Å². The summed E-state index contributed by atoms with van der Waals surface area (Å²) in [6, 6.07) is 14.4. The van der Waals surface area contributed by atoms with Crippen LogP contribution in [0.25, 0.3) is 0 Å². The van der Waals surface area contributed by atoms with Crippen molar-refractivity contribution in [1.29, 1.82) is 0 Å². The number of benzene rings is 2. The van der Waals surface area contributed by atoms with Crippen molar-refractivity contribution in [1.82, 2.24) is 4.31 Å². The van der Waals surface area contributed by atoms with Crippen LogP contribution in [-0.2, 0) is 19.6 Å². The maximum Gasteiger partial charge on any atom is 0.243 e. The van der Waals surface area contributed by atoms with Crippen molar-refractivity contribution in [2.24, 2.45) is 0 Å². The van der Waals surface area contributed by atoms with Crippen molar-refractivity contribution in [3.8, 4) is 0 Å². The van der Waals surface area contributed by atoms with Gasteiger partial charge in [0.15, 0.2) is 0 Å². The van der Waals surface area contributed by atoms with Gasteiger partial charge in [-0.05, 0) is 55.3 Å². The Bertz CT molecular complexity index is 998. The molecule has 8 nitrogen and oxygen atoms in total. The van der Waals surface area contributed by atoms with Crippen molar-refractivity contribution < 1.29 is 17.9 Å². The first kappa shape index (κ1) is 21.6. The number of hydrogen-bond acceptors (Lipinski definition) is 6. The Labute approximate surface area is 183 Å². The van der Waals surface area contributed by atoms with E-state index >= 15 is 0 Å². The lowest BCUT2D eigenvalue weighted by Crippen LogP contribution is -2.40. The lowest BCUT2D eigenvalue weighted by molar-refractivity contribution is -0.114. The van der Waals surface area contributed by atoms with Gasteiger partial charge in [0.2, 0.25) is 15.9 Å². The van der Waals surface area contributed by atoms with E-state index in [1.54, 1.807) is 24.3 Å². The molecule has 2 aliphatic rings. The predicted molar refractivity (Wildman–Crippen MR) is 121 cm³/mol. The second kappa shape index (κ2) is 9.67. The Kier molecular flexibility index (Phi) is 6.74. The summed E-state index contributed by atoms with van der Waals surface area (Å²) in [5.74, 6) is -0.199. The zero-order valence-electron chi connectivity index (χ0n) is 17.4. The fourth-order valence-corrected chi connectivity index (χ4v) is 5.28. The summed E-state index contributed by atoms with van der Waals surface area (Å²) >= 11 is 0. The molecule has 9 heteroatoms. The molecule has 2 aromatic carbocycles. The van der Waals surface area contributed by atoms with Crippen LogP contribution in [0.3, 0.4) is 0 Å². The maximum absolute atomic E-state index is 12.8. The molecule has 0 spiro atoms. The number of morpholine rings is 1. The molecule has 2 aromatic rings. The predicted octanol–water partition coefficient (Wildman–Crippen LogP) is 2.36. The molecule has 0 bridgehead atoms. The Balaban J connectivity index is 1.32. The third kappa shape index (κ3) is 5.36. The van der Waals surface area contributed by atoms with Gasteiger partial charge < -0.3 is 20.3 Å². The summed E-state index contributed by atoms with van der Waals surface area (Å²) in [4.78, 5) is 14.9. The summed E-state index contributed by atoms with van der Waals surface area (Å²) in [6.45, 7) is 3.69. The quantitative estimate of drug-likeness (QED) is 0.681. The van der Waals surface area contributed by atoms with Gasteiger partial charge in [0.25, 0.3) is 0 Å². The highest BCUT2D eigenvalue weighted by Gasteiger charge is 2.26. The molecule has 166 valence electrons. The maximum atomic E-state index is 12.8. The Morgan fingerprint density at radius 3 is 2.35 bits per heavy atom. The van der Waals surface area contributed by atoms with Crippen LogP contribution in [-0.4, -0.2) is 64.6 Å². The lowest BCUT2D eigenvalue weighted by atomic mass is 10.2. The minimum atomic E-state index is -3.57. The fraction of sp³-hybridized carbons (Fsp3) is 0.409. The summed E-state index contributed by atoms with van der Waals surface area (Å²) < 4.78 is 32.3. The highest BCUT2D eigenvalue weighted by molar-refractivity contribution is 7.89. The first-order chi connectivity index (χ1) is 15.0. The molecule has 1 amide bonds. The lowest BCUT2D eigenvalue weighted by Gasteiger charge is -2.26. The highest BCUT2D eigenvalue weighted by atomic mass is 32.2. The van der Waals surface area contributed by atoms with E-state index in [4.69, 9.17) is 4.74 Å². The molecular formula is C22H28N4O4S. The normalized spacial score (nSPS) is 17.5. The van der Waals surface area contributed by atoms with E-state index < -0.39 is 10.0 Å². The number of rotatable bonds is 7. The molecule has 0 atom stereocenters. The van der Waals surface area contributed by atoms with Gasteiger partial charge in [-0.3, -0.25) is 4.79 Å². The number of nitrogens with one attached hydrogen (secondary N) is 2. The van der Waals surface area contributed by atoms with Crippen molar-refractivity contribution in [2.75, 3.05) is 61.5 Å². The van der Waals surface area contributed by atoms with Gasteiger partial charge in [0.05, 0.1) is 24.7 Å². The molecule has 4 rings (SSSR count). The third-order valence-corrected chi connectivity index (χ3v) is 7.41. The summed E-state index contributed by atoms with van der Waals surface area (Å²) in [5, 5.41) is 5.87. The van der Waals surface area contributed by atoms with Gasteiger partial charge in [-0.25, -0.2) is 8.42 Å². The molecule has 2 N–H and O–H groups in total. The minimum Gasteiger partial charge on any atom is -0.379 e. The van der Waals surface area contributed by atoms with Crippen LogP contribution in [0.1, 0.15) is 12.8 Å². The smallest absolute Gasteiger partial charge is 0.243 e. The summed E-state index contributed by atoms with van der Waals surface area (Å²) in [5.41, 5.74) is 2.49. The van der Waals surface area contributed by atoms with Crippen LogP contribution < -0.4 is 15.5 Å². The first-order valence-corrected chi connectivity index (χ1v) is 12.0. The van der Waals surface area contributed by atoms with E-state index in [1.165, 1.54) is 22.8 Å². The molecule has 2 saturated heterocycles. The average molecular weight is 445 g/mol. The van der Waals surface area contributed by atoms with Crippen LogP contribution >= 0.6 is 0 Å². The van der Waals surface area contributed by atoms with Gasteiger partial charge in [-0.15, -0.1) is 0 Å². The second-order valence-electron chi connectivity index (χ2n) is 7.69. The fourth-order valence-electron chi connectivity index (χ4n) is 3.82. The van der Waals surface area contributed by atoms with Crippen LogP contribution in [0.2, 0.25) is 0 Å². The van der Waals surface area contributed by atoms with Crippen LogP contribution in [0.5, 0.6) is 0 Å². The average Bonchev–Trinajstić information content (AvgIpc) is 3.34. The zero-order chi connectivity index (χ0) is 21.7. The highest BCUT2D eigenvalue weighted by Crippen LogP contribution is 2.23. The van der Waals surface area contributed by atoms with Crippen molar-refractivity contribution in [3.05, 3.63) is 48.5 Å². The Hall–Kier alpha value is -2.62. The molecular weight excluding hydrogens is 416 g/mol. The van der Waals surface area contributed by atoms with Gasteiger partial charge in [-0.1, -0.05) is 6.07 Å². The first-order valence-electron chi connectivity index (χ1n) is 10.6. The van der Waals surface area contributed by atoms with Crippen molar-refractivity contribution in [3.63, 3.8) is 0 Å².